The molecule has 10 heteroatoms. The van der Waals surface area contributed by atoms with Crippen LogP contribution in [0.4, 0.5) is 0 Å². The summed E-state index contributed by atoms with van der Waals surface area (Å²) in [5, 5.41) is 9.78. The van der Waals surface area contributed by atoms with Gasteiger partial charge in [-0.3, -0.25) is 19.2 Å². The summed E-state index contributed by atoms with van der Waals surface area (Å²) in [5.41, 5.74) is 0.493. The number of hydrogen-bond donors (Lipinski definition) is 2. The van der Waals surface area contributed by atoms with E-state index in [-0.39, 0.29) is 48.1 Å². The van der Waals surface area contributed by atoms with Crippen molar-refractivity contribution in [1.29, 1.82) is 0 Å². The maximum atomic E-state index is 12.9. The van der Waals surface area contributed by atoms with Crippen LogP contribution in [0.1, 0.15) is 43.0 Å². The summed E-state index contributed by atoms with van der Waals surface area (Å²) in [5.74, 6) is 0.493. The topological polar surface area (TPSA) is 133 Å². The lowest BCUT2D eigenvalue weighted by molar-refractivity contribution is -0.151. The van der Waals surface area contributed by atoms with Crippen LogP contribution in [0.25, 0.3) is 0 Å². The largest absolute Gasteiger partial charge is 0.483 e. The van der Waals surface area contributed by atoms with Crippen LogP contribution in [0.15, 0.2) is 18.7 Å². The lowest BCUT2D eigenvalue weighted by atomic mass is 9.72. The zero-order valence-corrected chi connectivity index (χ0v) is 16.9. The number of rotatable bonds is 3. The molecule has 0 radical (unpaired) electrons. The molecule has 3 aliphatic heterocycles. The molecule has 3 amide bonds. The van der Waals surface area contributed by atoms with Gasteiger partial charge >= 0.3 is 0 Å². The molecule has 3 fully saturated rings. The first-order chi connectivity index (χ1) is 14.5. The van der Waals surface area contributed by atoms with Gasteiger partial charge in [0.2, 0.25) is 11.8 Å². The Balaban J connectivity index is 0.000000806. The summed E-state index contributed by atoms with van der Waals surface area (Å²) < 4.78 is 0. The predicted molar refractivity (Wildman–Crippen MR) is 105 cm³/mol. The van der Waals surface area contributed by atoms with E-state index in [2.05, 4.69) is 15.3 Å². The molecule has 4 heterocycles. The van der Waals surface area contributed by atoms with E-state index in [4.69, 9.17) is 9.90 Å². The lowest BCUT2D eigenvalue weighted by Gasteiger charge is -2.56. The van der Waals surface area contributed by atoms with E-state index in [0.29, 0.717) is 31.6 Å². The second-order valence-corrected chi connectivity index (χ2v) is 7.96. The molecule has 10 nitrogen and oxygen atoms in total. The van der Waals surface area contributed by atoms with E-state index in [0.717, 1.165) is 19.3 Å². The van der Waals surface area contributed by atoms with Gasteiger partial charge in [-0.1, -0.05) is 0 Å². The molecule has 1 aromatic rings. The monoisotopic (exact) mass is 417 g/mol. The van der Waals surface area contributed by atoms with Crippen LogP contribution in [-0.2, 0) is 14.4 Å². The number of amides is 3. The lowest BCUT2D eigenvalue weighted by Crippen LogP contribution is -2.67. The van der Waals surface area contributed by atoms with Crippen molar-refractivity contribution in [3.8, 4) is 0 Å². The zero-order valence-electron chi connectivity index (χ0n) is 16.9. The summed E-state index contributed by atoms with van der Waals surface area (Å²) in [6.45, 7) is 2.94. The van der Waals surface area contributed by atoms with Crippen molar-refractivity contribution >= 4 is 24.2 Å². The van der Waals surface area contributed by atoms with E-state index in [1.807, 2.05) is 9.80 Å². The van der Waals surface area contributed by atoms with Gasteiger partial charge in [0.25, 0.3) is 12.4 Å². The van der Waals surface area contributed by atoms with Gasteiger partial charge in [0, 0.05) is 51.4 Å². The third kappa shape index (κ3) is 4.58. The van der Waals surface area contributed by atoms with Crippen molar-refractivity contribution in [2.45, 2.75) is 44.7 Å². The fraction of sp³-hybridized carbons (Fsp3) is 0.600. The van der Waals surface area contributed by atoms with Gasteiger partial charge in [-0.05, 0) is 31.1 Å². The predicted octanol–water partition coefficient (Wildman–Crippen LogP) is 0.155. The third-order valence-corrected chi connectivity index (χ3v) is 6.15. The number of piperidine rings is 3. The van der Waals surface area contributed by atoms with Crippen LogP contribution in [0.2, 0.25) is 0 Å². The number of nitrogens with zero attached hydrogens (tertiary/aromatic N) is 4. The molecule has 162 valence electrons. The number of carboxylic acid groups (broad SMARTS) is 1. The Hall–Kier alpha value is -3.04. The van der Waals surface area contributed by atoms with Crippen LogP contribution in [0.5, 0.6) is 0 Å². The quantitative estimate of drug-likeness (QED) is 0.669. The Kier molecular flexibility index (Phi) is 6.96. The van der Waals surface area contributed by atoms with E-state index in [9.17, 15) is 14.4 Å². The van der Waals surface area contributed by atoms with E-state index in [1.165, 1.54) is 13.3 Å². The summed E-state index contributed by atoms with van der Waals surface area (Å²) in [6, 6.07) is 0.106. The van der Waals surface area contributed by atoms with Crippen LogP contribution < -0.4 is 5.32 Å². The molecule has 0 spiro atoms. The molecule has 0 aliphatic carbocycles. The van der Waals surface area contributed by atoms with Gasteiger partial charge in [-0.15, -0.1) is 0 Å². The Morgan fingerprint density at radius 3 is 2.60 bits per heavy atom. The molecule has 2 N–H and O–H groups in total. The van der Waals surface area contributed by atoms with Gasteiger partial charge in [0.05, 0.1) is 11.6 Å². The van der Waals surface area contributed by atoms with Crippen molar-refractivity contribution in [1.82, 2.24) is 25.1 Å². The van der Waals surface area contributed by atoms with Crippen molar-refractivity contribution in [3.05, 3.63) is 24.3 Å². The SMILES string of the molecule is CC(=O)NC[C@H]1[C@H]2C[C@H](CN(C(=O)c3cncnc3)C2)[C@@H]2CCCC(=O)N21.O=CO. The first-order valence-electron chi connectivity index (χ1n) is 10.1. The second kappa shape index (κ2) is 9.64. The number of nitrogens with one attached hydrogen (secondary N) is 1. The van der Waals surface area contributed by atoms with E-state index < -0.39 is 0 Å². The molecule has 1 aromatic heterocycles. The average Bonchev–Trinajstić information content (AvgIpc) is 2.74. The molecule has 0 aromatic carbocycles. The molecule has 3 aliphatic rings. The smallest absolute Gasteiger partial charge is 0.290 e. The Morgan fingerprint density at radius 2 is 1.93 bits per heavy atom. The minimum Gasteiger partial charge on any atom is -0.483 e. The van der Waals surface area contributed by atoms with Gasteiger partial charge in [0.1, 0.15) is 6.33 Å². The summed E-state index contributed by atoms with van der Waals surface area (Å²) in [6.07, 6.45) is 7.95. The molecule has 4 atom stereocenters. The molecule has 30 heavy (non-hydrogen) atoms. The van der Waals surface area contributed by atoms with Gasteiger partial charge in [-0.25, -0.2) is 9.97 Å². The fourth-order valence-electron chi connectivity index (χ4n) is 5.04. The highest BCUT2D eigenvalue weighted by molar-refractivity contribution is 5.93. The normalized spacial score (nSPS) is 27.3. The molecule has 4 rings (SSSR count). The number of hydrogen-bond acceptors (Lipinski definition) is 6. The van der Waals surface area contributed by atoms with Crippen LogP contribution in [-0.4, -0.2) is 80.8 Å². The number of fused-ring (bicyclic) bond motifs is 4. The number of carbonyl (C=O) groups excluding carboxylic acids is 3. The summed E-state index contributed by atoms with van der Waals surface area (Å²) >= 11 is 0. The minimum absolute atomic E-state index is 0.0504. The van der Waals surface area contributed by atoms with Crippen LogP contribution in [0.3, 0.4) is 0 Å². The van der Waals surface area contributed by atoms with Crippen molar-refractivity contribution in [2.75, 3.05) is 19.6 Å². The fourth-order valence-corrected chi connectivity index (χ4v) is 5.04. The number of likely N-dealkylation sites (tertiary alicyclic amines) is 1. The first-order valence-corrected chi connectivity index (χ1v) is 10.1. The maximum Gasteiger partial charge on any atom is 0.290 e. The maximum absolute atomic E-state index is 12.9. The Bertz CT molecular complexity index is 789. The number of carbonyl (C=O) groups is 4. The summed E-state index contributed by atoms with van der Waals surface area (Å²) in [4.78, 5) is 57.2. The van der Waals surface area contributed by atoms with Crippen LogP contribution in [0, 0.1) is 11.8 Å². The highest BCUT2D eigenvalue weighted by Gasteiger charge is 2.50. The van der Waals surface area contributed by atoms with Gasteiger partial charge in [-0.2, -0.15) is 0 Å². The molecule has 3 saturated heterocycles. The van der Waals surface area contributed by atoms with Crippen LogP contribution >= 0.6 is 0 Å². The van der Waals surface area contributed by atoms with E-state index >= 15 is 0 Å². The highest BCUT2D eigenvalue weighted by atomic mass is 16.3. The standard InChI is InChI=1S/C19H25N5O3.CH2O2/c1-12(25)22-8-17-14-5-13(16-3-2-4-18(26)24(16)17)9-23(10-14)19(27)15-6-20-11-21-7-15;2-1-3/h6-7,11,13-14,16-17H,2-5,8-10H2,1H3,(H,22,25);1H,(H,2,3)/t13-,14+,16+,17+;/m1./s1. The molecular formula is C20H27N5O5. The highest BCUT2D eigenvalue weighted by Crippen LogP contribution is 2.41. The van der Waals surface area contributed by atoms with Crippen molar-refractivity contribution in [2.24, 2.45) is 11.8 Å². The van der Waals surface area contributed by atoms with Crippen molar-refractivity contribution in [3.63, 3.8) is 0 Å². The molecular weight excluding hydrogens is 390 g/mol. The molecule has 0 saturated carbocycles. The Labute approximate surface area is 174 Å². The molecule has 2 bridgehead atoms. The van der Waals surface area contributed by atoms with Gasteiger partial charge < -0.3 is 20.2 Å². The van der Waals surface area contributed by atoms with Crippen molar-refractivity contribution < 1.29 is 24.3 Å². The summed E-state index contributed by atoms with van der Waals surface area (Å²) in [7, 11) is 0. The van der Waals surface area contributed by atoms with Gasteiger partial charge in [0.15, 0.2) is 0 Å². The first kappa shape index (κ1) is 21.7. The number of aromatic nitrogens is 2. The third-order valence-electron chi connectivity index (χ3n) is 6.15. The average molecular weight is 417 g/mol. The Morgan fingerprint density at radius 1 is 1.27 bits per heavy atom. The minimum atomic E-state index is -0.250. The second-order valence-electron chi connectivity index (χ2n) is 7.96. The zero-order chi connectivity index (χ0) is 21.7. The van der Waals surface area contributed by atoms with E-state index in [1.54, 1.807) is 12.4 Å². The molecule has 0 unspecified atom stereocenters.